The van der Waals surface area contributed by atoms with Crippen LogP contribution in [0.15, 0.2) is 35.5 Å². The lowest BCUT2D eigenvalue weighted by Gasteiger charge is -2.29. The van der Waals surface area contributed by atoms with Crippen molar-refractivity contribution in [2.75, 3.05) is 20.3 Å². The lowest BCUT2D eigenvalue weighted by Crippen LogP contribution is -2.58. The zero-order valence-electron chi connectivity index (χ0n) is 17.3. The molecule has 176 valence electrons. The van der Waals surface area contributed by atoms with Gasteiger partial charge < -0.3 is 19.6 Å². The predicted molar refractivity (Wildman–Crippen MR) is 104 cm³/mol. The third-order valence-corrected chi connectivity index (χ3v) is 5.15. The fourth-order valence-electron chi connectivity index (χ4n) is 3.41. The number of rotatable bonds is 7. The Morgan fingerprint density at radius 1 is 1.30 bits per heavy atom. The van der Waals surface area contributed by atoms with Gasteiger partial charge in [0.25, 0.3) is 5.91 Å². The summed E-state index contributed by atoms with van der Waals surface area (Å²) in [6.07, 6.45) is -3.33. The van der Waals surface area contributed by atoms with Crippen molar-refractivity contribution in [1.29, 1.82) is 5.26 Å². The SMILES string of the molecule is COCCOC(=O)[C@@H]1C=C[C@H](NC(=O)[C@@]2(C(F)(F)F)CC(c3cc(F)cc(C#N)c3)=NO2)C1. The minimum absolute atomic E-state index is 0.00856. The Kier molecular flexibility index (Phi) is 7.02. The van der Waals surface area contributed by atoms with Gasteiger partial charge >= 0.3 is 17.7 Å². The van der Waals surface area contributed by atoms with Gasteiger partial charge in [-0.05, 0) is 24.6 Å². The Bertz CT molecular complexity index is 1030. The summed E-state index contributed by atoms with van der Waals surface area (Å²) in [5.41, 5.74) is -3.90. The van der Waals surface area contributed by atoms with Gasteiger partial charge in [-0.15, -0.1) is 0 Å². The molecular weight excluding hydrogens is 450 g/mol. The molecule has 3 atom stereocenters. The molecule has 3 rings (SSSR count). The van der Waals surface area contributed by atoms with E-state index in [0.717, 1.165) is 18.2 Å². The standard InChI is InChI=1S/C21H19F4N3O5/c1-31-4-5-32-18(29)13-2-3-16(9-13)27-19(30)20(21(23,24)25)10-17(28-33-20)14-6-12(11-26)7-15(22)8-14/h2-3,6-8,13,16H,4-5,9-10H2,1H3,(H,27,30)/t13-,16+,20-/m1/s1. The second kappa shape index (κ2) is 9.58. The van der Waals surface area contributed by atoms with Gasteiger partial charge in [-0.3, -0.25) is 9.59 Å². The van der Waals surface area contributed by atoms with Gasteiger partial charge in [0.15, 0.2) is 0 Å². The van der Waals surface area contributed by atoms with Crippen molar-refractivity contribution in [2.24, 2.45) is 11.1 Å². The first-order valence-electron chi connectivity index (χ1n) is 9.77. The maximum Gasteiger partial charge on any atom is 0.440 e. The summed E-state index contributed by atoms with van der Waals surface area (Å²) < 4.78 is 65.3. The number of carbonyl (C=O) groups is 2. The van der Waals surface area contributed by atoms with E-state index in [0.29, 0.717) is 0 Å². The molecule has 8 nitrogen and oxygen atoms in total. The molecule has 0 unspecified atom stereocenters. The highest BCUT2D eigenvalue weighted by molar-refractivity contribution is 6.06. The monoisotopic (exact) mass is 469 g/mol. The lowest BCUT2D eigenvalue weighted by atomic mass is 9.91. The number of hydrogen-bond acceptors (Lipinski definition) is 7. The first kappa shape index (κ1) is 24.2. The maximum absolute atomic E-state index is 13.9. The van der Waals surface area contributed by atoms with E-state index < -0.39 is 47.9 Å². The van der Waals surface area contributed by atoms with Crippen LogP contribution in [-0.4, -0.2) is 55.7 Å². The Labute approximate surface area is 185 Å². The summed E-state index contributed by atoms with van der Waals surface area (Å²) >= 11 is 0. The molecule has 1 N–H and O–H groups in total. The van der Waals surface area contributed by atoms with Crippen LogP contribution in [0.1, 0.15) is 24.0 Å². The maximum atomic E-state index is 13.9. The number of nitrogens with one attached hydrogen (secondary N) is 1. The van der Waals surface area contributed by atoms with Crippen LogP contribution in [0.4, 0.5) is 17.6 Å². The molecule has 12 heteroatoms. The van der Waals surface area contributed by atoms with Crippen LogP contribution in [0, 0.1) is 23.1 Å². The Balaban J connectivity index is 1.70. The fourth-order valence-corrected chi connectivity index (χ4v) is 3.41. The van der Waals surface area contributed by atoms with Crippen molar-refractivity contribution >= 4 is 17.6 Å². The number of methoxy groups -OCH3 is 1. The molecule has 0 bridgehead atoms. The summed E-state index contributed by atoms with van der Waals surface area (Å²) in [4.78, 5) is 29.3. The molecule has 1 heterocycles. The first-order chi connectivity index (χ1) is 15.6. The van der Waals surface area contributed by atoms with Crippen LogP contribution in [0.5, 0.6) is 0 Å². The summed E-state index contributed by atoms with van der Waals surface area (Å²) in [6, 6.07) is 3.77. The molecule has 0 spiro atoms. The van der Waals surface area contributed by atoms with E-state index in [4.69, 9.17) is 14.7 Å². The smallest absolute Gasteiger partial charge is 0.440 e. The van der Waals surface area contributed by atoms with Crippen molar-refractivity contribution in [3.63, 3.8) is 0 Å². The number of hydrogen-bond donors (Lipinski definition) is 1. The van der Waals surface area contributed by atoms with Crippen LogP contribution >= 0.6 is 0 Å². The normalized spacial score (nSPS) is 24.1. The number of halogens is 4. The number of carbonyl (C=O) groups excluding carboxylic acids is 2. The summed E-state index contributed by atoms with van der Waals surface area (Å²) in [7, 11) is 1.43. The van der Waals surface area contributed by atoms with Gasteiger partial charge in [-0.1, -0.05) is 17.3 Å². The number of alkyl halides is 3. The number of nitriles is 1. The van der Waals surface area contributed by atoms with Gasteiger partial charge in [-0.2, -0.15) is 18.4 Å². The third-order valence-electron chi connectivity index (χ3n) is 5.15. The molecular formula is C21H19F4N3O5. The number of oxime groups is 1. The minimum atomic E-state index is -5.16. The predicted octanol–water partition coefficient (Wildman–Crippen LogP) is 2.37. The zero-order chi connectivity index (χ0) is 24.2. The summed E-state index contributed by atoms with van der Waals surface area (Å²) in [6.45, 7) is 0.215. The minimum Gasteiger partial charge on any atom is -0.463 e. The van der Waals surface area contributed by atoms with Crippen LogP contribution in [0.2, 0.25) is 0 Å². The summed E-state index contributed by atoms with van der Waals surface area (Å²) in [5, 5.41) is 14.6. The van der Waals surface area contributed by atoms with E-state index >= 15 is 0 Å². The van der Waals surface area contributed by atoms with Crippen molar-refractivity contribution in [3.8, 4) is 6.07 Å². The largest absolute Gasteiger partial charge is 0.463 e. The first-order valence-corrected chi connectivity index (χ1v) is 9.77. The zero-order valence-corrected chi connectivity index (χ0v) is 17.3. The van der Waals surface area contributed by atoms with E-state index in [1.54, 1.807) is 6.07 Å². The average molecular weight is 469 g/mol. The molecule has 33 heavy (non-hydrogen) atoms. The molecule has 1 aromatic carbocycles. The van der Waals surface area contributed by atoms with Gasteiger partial charge in [0, 0.05) is 18.7 Å². The van der Waals surface area contributed by atoms with Gasteiger partial charge in [0.05, 0.1) is 36.3 Å². The van der Waals surface area contributed by atoms with Crippen molar-refractivity contribution in [3.05, 3.63) is 47.3 Å². The van der Waals surface area contributed by atoms with Gasteiger partial charge in [-0.25, -0.2) is 4.39 Å². The quantitative estimate of drug-likeness (QED) is 0.284. The molecule has 0 fully saturated rings. The molecule has 1 aliphatic heterocycles. The Hall–Kier alpha value is -3.46. The van der Waals surface area contributed by atoms with E-state index in [-0.39, 0.29) is 36.5 Å². The molecule has 1 amide bonds. The Morgan fingerprint density at radius 3 is 2.73 bits per heavy atom. The van der Waals surface area contributed by atoms with Gasteiger partial charge in [0.2, 0.25) is 0 Å². The molecule has 0 saturated heterocycles. The van der Waals surface area contributed by atoms with E-state index in [9.17, 15) is 27.2 Å². The number of esters is 1. The van der Waals surface area contributed by atoms with E-state index in [2.05, 4.69) is 15.3 Å². The van der Waals surface area contributed by atoms with E-state index in [1.807, 2.05) is 0 Å². The molecule has 1 aliphatic carbocycles. The molecule has 0 aromatic heterocycles. The van der Waals surface area contributed by atoms with Crippen LogP contribution in [0.3, 0.4) is 0 Å². The van der Waals surface area contributed by atoms with Crippen LogP contribution in [-0.2, 0) is 23.9 Å². The summed E-state index contributed by atoms with van der Waals surface area (Å²) in [5.74, 6) is -3.68. The van der Waals surface area contributed by atoms with Crippen molar-refractivity contribution < 1.29 is 41.5 Å². The number of ether oxygens (including phenoxy) is 2. The highest BCUT2D eigenvalue weighted by Crippen LogP contribution is 2.42. The molecule has 0 radical (unpaired) electrons. The van der Waals surface area contributed by atoms with Gasteiger partial charge in [0.1, 0.15) is 12.4 Å². The average Bonchev–Trinajstić information content (AvgIpc) is 3.41. The van der Waals surface area contributed by atoms with Crippen molar-refractivity contribution in [1.82, 2.24) is 5.32 Å². The third kappa shape index (κ3) is 5.14. The second-order valence-corrected chi connectivity index (χ2v) is 7.44. The van der Waals surface area contributed by atoms with Crippen LogP contribution < -0.4 is 5.32 Å². The Morgan fingerprint density at radius 2 is 2.06 bits per heavy atom. The topological polar surface area (TPSA) is 110 Å². The lowest BCUT2D eigenvalue weighted by molar-refractivity contribution is -0.259. The number of nitrogens with zero attached hydrogens (tertiary/aromatic N) is 2. The molecule has 1 aromatic rings. The number of benzene rings is 1. The van der Waals surface area contributed by atoms with E-state index in [1.165, 1.54) is 19.3 Å². The van der Waals surface area contributed by atoms with Crippen LogP contribution in [0.25, 0.3) is 0 Å². The highest BCUT2D eigenvalue weighted by Gasteiger charge is 2.66. The second-order valence-electron chi connectivity index (χ2n) is 7.44. The highest BCUT2D eigenvalue weighted by atomic mass is 19.4. The fraction of sp³-hybridized carbons (Fsp3) is 0.429. The molecule has 0 saturated carbocycles. The van der Waals surface area contributed by atoms with Crippen molar-refractivity contribution in [2.45, 2.75) is 30.7 Å². The molecule has 2 aliphatic rings. The number of amides is 1.